The first kappa shape index (κ1) is 20.5. The third kappa shape index (κ3) is 4.67. The zero-order valence-corrected chi connectivity index (χ0v) is 17.7. The maximum atomic E-state index is 12.7. The van der Waals surface area contributed by atoms with Crippen molar-refractivity contribution in [1.29, 1.82) is 0 Å². The van der Waals surface area contributed by atoms with Crippen molar-refractivity contribution in [1.82, 2.24) is 20.0 Å². The number of aryl methyl sites for hydroxylation is 1. The Kier molecular flexibility index (Phi) is 6.08. The number of nitrogens with zero attached hydrogens (tertiary/aromatic N) is 3. The predicted molar refractivity (Wildman–Crippen MR) is 114 cm³/mol. The monoisotopic (exact) mass is 427 g/mol. The summed E-state index contributed by atoms with van der Waals surface area (Å²) in [7, 11) is 1.78. The molecule has 3 amide bonds. The SMILES string of the molecule is Cn1cc(C(=O)NCC2CCN(C(=O)CC3Sc4ccccc4NC3=O)CC2)cn1. The summed E-state index contributed by atoms with van der Waals surface area (Å²) in [5, 5.41) is 9.46. The van der Waals surface area contributed by atoms with Gasteiger partial charge in [-0.05, 0) is 30.9 Å². The Hall–Kier alpha value is -2.81. The van der Waals surface area contributed by atoms with Crippen LogP contribution in [-0.2, 0) is 16.6 Å². The van der Waals surface area contributed by atoms with E-state index in [1.165, 1.54) is 11.8 Å². The summed E-state index contributed by atoms with van der Waals surface area (Å²) in [6.45, 7) is 1.90. The highest BCUT2D eigenvalue weighted by Crippen LogP contribution is 2.37. The largest absolute Gasteiger partial charge is 0.352 e. The smallest absolute Gasteiger partial charge is 0.254 e. The van der Waals surface area contributed by atoms with Crippen molar-refractivity contribution in [2.24, 2.45) is 13.0 Å². The van der Waals surface area contributed by atoms with E-state index in [1.54, 1.807) is 24.1 Å². The maximum Gasteiger partial charge on any atom is 0.254 e. The van der Waals surface area contributed by atoms with E-state index in [-0.39, 0.29) is 24.1 Å². The van der Waals surface area contributed by atoms with Gasteiger partial charge in [0, 0.05) is 44.2 Å². The van der Waals surface area contributed by atoms with Crippen molar-refractivity contribution < 1.29 is 14.4 Å². The second kappa shape index (κ2) is 8.91. The van der Waals surface area contributed by atoms with Crippen LogP contribution in [0.15, 0.2) is 41.6 Å². The van der Waals surface area contributed by atoms with Gasteiger partial charge in [-0.3, -0.25) is 19.1 Å². The van der Waals surface area contributed by atoms with E-state index in [0.29, 0.717) is 31.1 Å². The molecule has 1 fully saturated rings. The molecule has 4 rings (SSSR count). The standard InChI is InChI=1S/C21H25N5O3S/c1-25-13-15(12-23-25)20(28)22-11-14-6-8-26(9-7-14)19(27)10-18-21(29)24-16-4-2-3-5-17(16)30-18/h2-5,12-14,18H,6-11H2,1H3,(H,22,28)(H,24,29). The number of benzene rings is 1. The highest BCUT2D eigenvalue weighted by Gasteiger charge is 2.31. The van der Waals surface area contributed by atoms with Gasteiger partial charge in [-0.15, -0.1) is 11.8 Å². The van der Waals surface area contributed by atoms with Crippen LogP contribution in [0, 0.1) is 5.92 Å². The molecule has 30 heavy (non-hydrogen) atoms. The average molecular weight is 428 g/mol. The van der Waals surface area contributed by atoms with E-state index in [4.69, 9.17) is 0 Å². The molecule has 0 aliphatic carbocycles. The Balaban J connectivity index is 1.23. The lowest BCUT2D eigenvalue weighted by Gasteiger charge is -2.33. The zero-order chi connectivity index (χ0) is 21.1. The highest BCUT2D eigenvalue weighted by molar-refractivity contribution is 8.01. The first-order valence-corrected chi connectivity index (χ1v) is 11.0. The lowest BCUT2D eigenvalue weighted by molar-refractivity contribution is -0.133. The summed E-state index contributed by atoms with van der Waals surface area (Å²) >= 11 is 1.46. The summed E-state index contributed by atoms with van der Waals surface area (Å²) in [6.07, 6.45) is 5.12. The summed E-state index contributed by atoms with van der Waals surface area (Å²) in [5.74, 6) is 0.121. The Morgan fingerprint density at radius 3 is 2.77 bits per heavy atom. The number of thioether (sulfide) groups is 1. The molecule has 2 N–H and O–H groups in total. The number of fused-ring (bicyclic) bond motifs is 1. The molecule has 3 heterocycles. The number of para-hydroxylation sites is 1. The number of carbonyl (C=O) groups excluding carboxylic acids is 3. The number of amides is 3. The lowest BCUT2D eigenvalue weighted by atomic mass is 9.96. The van der Waals surface area contributed by atoms with Crippen molar-refractivity contribution in [3.05, 3.63) is 42.2 Å². The molecule has 0 spiro atoms. The van der Waals surface area contributed by atoms with Gasteiger partial charge in [0.15, 0.2) is 0 Å². The minimum atomic E-state index is -0.399. The Labute approximate surface area is 179 Å². The minimum absolute atomic E-state index is 0.0138. The fraction of sp³-hybridized carbons (Fsp3) is 0.429. The number of likely N-dealkylation sites (tertiary alicyclic amines) is 1. The van der Waals surface area contributed by atoms with Gasteiger partial charge in [-0.1, -0.05) is 12.1 Å². The molecular formula is C21H25N5O3S. The number of aromatic nitrogens is 2. The molecule has 0 saturated carbocycles. The fourth-order valence-electron chi connectivity index (χ4n) is 3.78. The quantitative estimate of drug-likeness (QED) is 0.760. The van der Waals surface area contributed by atoms with Crippen LogP contribution < -0.4 is 10.6 Å². The zero-order valence-electron chi connectivity index (χ0n) is 16.8. The molecule has 9 heteroatoms. The summed E-state index contributed by atoms with van der Waals surface area (Å²) in [5.41, 5.74) is 1.36. The summed E-state index contributed by atoms with van der Waals surface area (Å²) < 4.78 is 1.60. The second-order valence-corrected chi connectivity index (χ2v) is 8.98. The molecule has 8 nitrogen and oxygen atoms in total. The van der Waals surface area contributed by atoms with Crippen molar-refractivity contribution in [2.75, 3.05) is 25.0 Å². The highest BCUT2D eigenvalue weighted by atomic mass is 32.2. The molecule has 1 aromatic heterocycles. The first-order valence-electron chi connectivity index (χ1n) is 10.1. The summed E-state index contributed by atoms with van der Waals surface area (Å²) in [6, 6.07) is 7.65. The fourth-order valence-corrected chi connectivity index (χ4v) is 4.88. The molecule has 1 unspecified atom stereocenters. The minimum Gasteiger partial charge on any atom is -0.352 e. The lowest BCUT2D eigenvalue weighted by Crippen LogP contribution is -2.43. The molecule has 1 aromatic carbocycles. The van der Waals surface area contributed by atoms with Crippen LogP contribution in [0.3, 0.4) is 0 Å². The average Bonchev–Trinajstić information content (AvgIpc) is 3.19. The van der Waals surface area contributed by atoms with Crippen molar-refractivity contribution in [3.8, 4) is 0 Å². The number of anilines is 1. The molecule has 0 bridgehead atoms. The maximum absolute atomic E-state index is 12.7. The van der Waals surface area contributed by atoms with Gasteiger partial charge in [-0.2, -0.15) is 5.10 Å². The van der Waals surface area contributed by atoms with E-state index >= 15 is 0 Å². The van der Waals surface area contributed by atoms with Gasteiger partial charge in [0.1, 0.15) is 0 Å². The van der Waals surface area contributed by atoms with Crippen LogP contribution >= 0.6 is 11.8 Å². The van der Waals surface area contributed by atoms with Crippen molar-refractivity contribution >= 4 is 35.2 Å². The van der Waals surface area contributed by atoms with Crippen LogP contribution in [0.1, 0.15) is 29.6 Å². The van der Waals surface area contributed by atoms with E-state index < -0.39 is 5.25 Å². The molecular weight excluding hydrogens is 402 g/mol. The number of carbonyl (C=O) groups is 3. The van der Waals surface area contributed by atoms with Crippen molar-refractivity contribution in [3.63, 3.8) is 0 Å². The number of piperidine rings is 1. The van der Waals surface area contributed by atoms with Gasteiger partial charge < -0.3 is 15.5 Å². The third-order valence-corrected chi connectivity index (χ3v) is 6.83. The van der Waals surface area contributed by atoms with E-state index in [0.717, 1.165) is 23.4 Å². The van der Waals surface area contributed by atoms with Crippen LogP contribution in [0.4, 0.5) is 5.69 Å². The Bertz CT molecular complexity index is 952. The Morgan fingerprint density at radius 1 is 1.27 bits per heavy atom. The van der Waals surface area contributed by atoms with Gasteiger partial charge in [-0.25, -0.2) is 0 Å². The molecule has 0 radical (unpaired) electrons. The van der Waals surface area contributed by atoms with Gasteiger partial charge >= 0.3 is 0 Å². The van der Waals surface area contributed by atoms with E-state index in [1.807, 2.05) is 29.2 Å². The number of nitrogens with one attached hydrogen (secondary N) is 2. The topological polar surface area (TPSA) is 96.3 Å². The van der Waals surface area contributed by atoms with Gasteiger partial charge in [0.25, 0.3) is 5.91 Å². The third-order valence-electron chi connectivity index (χ3n) is 5.55. The van der Waals surface area contributed by atoms with Crippen LogP contribution in [0.25, 0.3) is 0 Å². The van der Waals surface area contributed by atoms with Crippen LogP contribution in [-0.4, -0.2) is 57.3 Å². The van der Waals surface area contributed by atoms with E-state index in [9.17, 15) is 14.4 Å². The van der Waals surface area contributed by atoms with Crippen molar-refractivity contribution in [2.45, 2.75) is 29.4 Å². The molecule has 158 valence electrons. The first-order chi connectivity index (χ1) is 14.5. The van der Waals surface area contributed by atoms with E-state index in [2.05, 4.69) is 15.7 Å². The molecule has 1 atom stereocenters. The molecule has 1 saturated heterocycles. The summed E-state index contributed by atoms with van der Waals surface area (Å²) in [4.78, 5) is 40.1. The number of hydrogen-bond donors (Lipinski definition) is 2. The number of rotatable bonds is 5. The second-order valence-electron chi connectivity index (χ2n) is 7.73. The molecule has 2 aliphatic heterocycles. The number of hydrogen-bond acceptors (Lipinski definition) is 5. The van der Waals surface area contributed by atoms with Gasteiger partial charge in [0.05, 0.1) is 22.7 Å². The van der Waals surface area contributed by atoms with Gasteiger partial charge in [0.2, 0.25) is 11.8 Å². The van der Waals surface area contributed by atoms with Crippen LogP contribution in [0.2, 0.25) is 0 Å². The molecule has 2 aliphatic rings. The van der Waals surface area contributed by atoms with Crippen LogP contribution in [0.5, 0.6) is 0 Å². The predicted octanol–water partition coefficient (Wildman–Crippen LogP) is 1.89. The molecule has 2 aromatic rings. The Morgan fingerprint density at radius 2 is 2.03 bits per heavy atom. The normalized spacial score (nSPS) is 19.2.